The molecule has 2 aliphatic rings. The van der Waals surface area contributed by atoms with Crippen LogP contribution in [-0.4, -0.2) is 88.3 Å². The Morgan fingerprint density at radius 2 is 1.23 bits per heavy atom. The van der Waals surface area contributed by atoms with E-state index in [4.69, 9.17) is 9.47 Å². The van der Waals surface area contributed by atoms with Gasteiger partial charge < -0.3 is 30.1 Å². The lowest BCUT2D eigenvalue weighted by atomic mass is 9.86. The molecule has 1 amide bonds. The molecule has 0 bridgehead atoms. The maximum atomic E-state index is 12.9. The number of aryl methyl sites for hydroxylation is 2. The number of nitrogens with zero attached hydrogens (tertiary/aromatic N) is 9. The number of anilines is 4. The highest BCUT2D eigenvalue weighted by Crippen LogP contribution is 2.44. The fourth-order valence-corrected chi connectivity index (χ4v) is 11.5. The summed E-state index contributed by atoms with van der Waals surface area (Å²) in [7, 11) is 5.14. The molecule has 0 aliphatic heterocycles. The minimum Gasteiger partial charge on any atom is -0.494 e. The zero-order chi connectivity index (χ0) is 41.7. The van der Waals surface area contributed by atoms with Gasteiger partial charge >= 0.3 is 5.97 Å². The number of amides is 1. The Hall–Kier alpha value is -5.70. The zero-order valence-corrected chi connectivity index (χ0v) is 36.4. The van der Waals surface area contributed by atoms with Gasteiger partial charge in [-0.25, -0.2) is 19.9 Å². The second-order valence-electron chi connectivity index (χ2n) is 14.9. The summed E-state index contributed by atoms with van der Waals surface area (Å²) < 4.78 is 21.0. The summed E-state index contributed by atoms with van der Waals surface area (Å²) in [5.41, 5.74) is 5.59. The van der Waals surface area contributed by atoms with Crippen LogP contribution in [0.4, 0.5) is 23.0 Å². The average molecular weight is 882 g/mol. The number of carboxylic acids is 1. The molecule has 0 unspecified atom stereocenters. The number of aliphatic carboxylic acids is 1. The fourth-order valence-electron chi connectivity index (χ4n) is 7.78. The quantitative estimate of drug-likeness (QED) is 0.126. The lowest BCUT2D eigenvalue weighted by molar-refractivity contribution is -0.142. The van der Waals surface area contributed by atoms with Gasteiger partial charge in [-0.3, -0.25) is 9.59 Å². The molecule has 3 N–H and O–H groups in total. The van der Waals surface area contributed by atoms with E-state index in [1.54, 1.807) is 43.2 Å². The number of carbonyl (C=O) groups excluding carboxylic acids is 1. The zero-order valence-electron chi connectivity index (χ0n) is 33.2. The summed E-state index contributed by atoms with van der Waals surface area (Å²) in [6.07, 6.45) is 7.44. The monoisotopic (exact) mass is 881 g/mol. The van der Waals surface area contributed by atoms with Crippen LogP contribution in [0.3, 0.4) is 0 Å². The molecule has 2 aromatic carbocycles. The molecule has 2 atom stereocenters. The third-order valence-electron chi connectivity index (χ3n) is 11.2. The largest absolute Gasteiger partial charge is 0.494 e. The van der Waals surface area contributed by atoms with Crippen LogP contribution in [-0.2, 0) is 35.3 Å². The van der Waals surface area contributed by atoms with E-state index >= 15 is 0 Å². The molecule has 0 spiro atoms. The summed E-state index contributed by atoms with van der Waals surface area (Å²) in [4.78, 5) is 48.2. The van der Waals surface area contributed by atoms with Crippen molar-refractivity contribution < 1.29 is 24.2 Å². The van der Waals surface area contributed by atoms with E-state index < -0.39 is 5.97 Å². The summed E-state index contributed by atoms with van der Waals surface area (Å²) in [6, 6.07) is 7.87. The number of nitrogens with one attached hydrogen (secondary N) is 2. The van der Waals surface area contributed by atoms with Gasteiger partial charge in [0.2, 0.25) is 5.91 Å². The molecule has 6 aromatic heterocycles. The van der Waals surface area contributed by atoms with E-state index in [1.165, 1.54) is 39.8 Å². The predicted octanol–water partition coefficient (Wildman–Crippen LogP) is 8.06. The van der Waals surface area contributed by atoms with Crippen molar-refractivity contribution in [2.75, 3.05) is 31.9 Å². The van der Waals surface area contributed by atoms with Gasteiger partial charge in [-0.15, -0.1) is 32.9 Å². The predicted molar refractivity (Wildman–Crippen MR) is 236 cm³/mol. The molecule has 8 aromatic rings. The normalized spacial score (nSPS) is 16.0. The van der Waals surface area contributed by atoms with Crippen LogP contribution >= 0.6 is 45.7 Å². The molecular formula is C40H39N11O5S4. The lowest BCUT2D eigenvalue weighted by Gasteiger charge is -2.29. The maximum Gasteiger partial charge on any atom is 0.306 e. The van der Waals surface area contributed by atoms with E-state index in [0.717, 1.165) is 87.8 Å². The second kappa shape index (κ2) is 16.4. The van der Waals surface area contributed by atoms with Gasteiger partial charge in [0.05, 0.1) is 51.7 Å². The molecule has 20 heteroatoms. The number of methoxy groups -OCH3 is 2. The Kier molecular flexibility index (Phi) is 10.9. The third kappa shape index (κ3) is 7.41. The van der Waals surface area contributed by atoms with E-state index in [1.807, 2.05) is 50.1 Å². The highest BCUT2D eigenvalue weighted by molar-refractivity contribution is 7.19. The Morgan fingerprint density at radius 3 is 1.70 bits per heavy atom. The van der Waals surface area contributed by atoms with Gasteiger partial charge in [0.1, 0.15) is 56.5 Å². The van der Waals surface area contributed by atoms with Crippen LogP contribution in [0.15, 0.2) is 36.9 Å². The molecule has 16 nitrogen and oxygen atoms in total. The van der Waals surface area contributed by atoms with Crippen molar-refractivity contribution in [1.29, 1.82) is 0 Å². The standard InChI is InChI=1S/C22H24N6O2S2.C18H15N5O3S2/c1-11(2)28(3)22(29)12-5-6-13-17(7-12)31-21-19(13)20(23-10-24-21)25-14-9-18-15(26-27-32-18)8-16(14)30-4;1-26-12-5-11-14(28-23-22-11)6-10(12)21-16-15-9-3-2-8(18(24)25)4-13(9)27-17(15)20-7-19-16/h8-12H,5-7H2,1-4H3,(H,23,24,25);5-8H,2-4H2,1H3,(H,24,25)(H,19,20,21)/t12-;8-/m00/s1. The van der Waals surface area contributed by atoms with E-state index in [2.05, 4.69) is 49.7 Å². The van der Waals surface area contributed by atoms with Gasteiger partial charge in [0.25, 0.3) is 0 Å². The smallest absolute Gasteiger partial charge is 0.306 e. The van der Waals surface area contributed by atoms with Crippen molar-refractivity contribution in [3.8, 4) is 11.5 Å². The molecule has 0 radical (unpaired) electrons. The highest BCUT2D eigenvalue weighted by atomic mass is 32.1. The average Bonchev–Trinajstić information content (AvgIpc) is 4.07. The van der Waals surface area contributed by atoms with E-state index in [9.17, 15) is 14.7 Å². The molecule has 2 aliphatic carbocycles. The van der Waals surface area contributed by atoms with Crippen LogP contribution in [0, 0.1) is 11.8 Å². The van der Waals surface area contributed by atoms with Gasteiger partial charge in [-0.1, -0.05) is 8.98 Å². The van der Waals surface area contributed by atoms with Gasteiger partial charge in [0.15, 0.2) is 0 Å². The first kappa shape index (κ1) is 39.7. The number of benzene rings is 2. The number of carbonyl (C=O) groups is 2. The van der Waals surface area contributed by atoms with E-state index in [-0.39, 0.29) is 23.8 Å². The minimum absolute atomic E-state index is 0.0219. The SMILES string of the molecule is COc1cc2nnsc2cc1Nc1ncnc2sc3c(c12)CC[C@H](C(=O)N(C)C(C)C)C3.COc1cc2nnsc2cc1Nc1ncnc2sc3c(c12)CC[C@H](C(=O)O)C3. The maximum absolute atomic E-state index is 12.9. The molecule has 308 valence electrons. The second-order valence-corrected chi connectivity index (χ2v) is 18.6. The number of aromatic nitrogens is 8. The van der Waals surface area contributed by atoms with Crippen molar-refractivity contribution in [3.05, 3.63) is 57.8 Å². The van der Waals surface area contributed by atoms with Crippen molar-refractivity contribution in [1.82, 2.24) is 44.0 Å². The highest BCUT2D eigenvalue weighted by Gasteiger charge is 2.32. The van der Waals surface area contributed by atoms with Crippen molar-refractivity contribution in [2.45, 2.75) is 58.4 Å². The molecule has 0 saturated heterocycles. The number of thiophene rings is 2. The number of ether oxygens (including phenoxy) is 2. The van der Waals surface area contributed by atoms with Crippen LogP contribution in [0.1, 0.15) is 47.6 Å². The van der Waals surface area contributed by atoms with Crippen LogP contribution in [0.5, 0.6) is 11.5 Å². The Morgan fingerprint density at radius 1 is 0.750 bits per heavy atom. The van der Waals surface area contributed by atoms with Crippen LogP contribution < -0.4 is 20.1 Å². The van der Waals surface area contributed by atoms with Crippen LogP contribution in [0.25, 0.3) is 40.9 Å². The molecule has 0 saturated carbocycles. The van der Waals surface area contributed by atoms with Crippen molar-refractivity contribution >= 4 is 121 Å². The summed E-state index contributed by atoms with van der Waals surface area (Å²) in [5, 5.41) is 26.4. The number of hydrogen-bond acceptors (Lipinski definition) is 18. The number of fused-ring (bicyclic) bond motifs is 8. The molecule has 60 heavy (non-hydrogen) atoms. The summed E-state index contributed by atoms with van der Waals surface area (Å²) in [5.74, 6) is 1.98. The minimum atomic E-state index is -0.733. The van der Waals surface area contributed by atoms with E-state index in [0.29, 0.717) is 36.6 Å². The van der Waals surface area contributed by atoms with Crippen LogP contribution in [0.2, 0.25) is 0 Å². The number of rotatable bonds is 9. The Balaban J connectivity index is 0.000000155. The number of hydrogen-bond donors (Lipinski definition) is 3. The summed E-state index contributed by atoms with van der Waals surface area (Å²) in [6.45, 7) is 4.10. The molecule has 0 fully saturated rings. The van der Waals surface area contributed by atoms with Gasteiger partial charge in [-0.2, -0.15) is 0 Å². The third-order valence-corrected chi connectivity index (χ3v) is 14.9. The Labute approximate surface area is 359 Å². The van der Waals surface area contributed by atoms with Gasteiger partial charge in [0, 0.05) is 40.9 Å². The first-order valence-electron chi connectivity index (χ1n) is 19.2. The topological polar surface area (TPSA) is 203 Å². The van der Waals surface area contributed by atoms with Crippen molar-refractivity contribution in [3.63, 3.8) is 0 Å². The first-order valence-corrected chi connectivity index (χ1v) is 22.4. The number of carboxylic acid groups (broad SMARTS) is 1. The molecule has 6 heterocycles. The molecular weight excluding hydrogens is 843 g/mol. The van der Waals surface area contributed by atoms with Gasteiger partial charge in [-0.05, 0) is 98.7 Å². The first-order chi connectivity index (χ1) is 29.1. The van der Waals surface area contributed by atoms with Crippen molar-refractivity contribution in [2.24, 2.45) is 11.8 Å². The summed E-state index contributed by atoms with van der Waals surface area (Å²) >= 11 is 5.89. The fraction of sp³-hybridized carbons (Fsp3) is 0.350. The lowest BCUT2D eigenvalue weighted by Crippen LogP contribution is -2.39. The molecule has 10 rings (SSSR count). The Bertz CT molecular complexity index is 2930.